The second kappa shape index (κ2) is 11.0. The van der Waals surface area contributed by atoms with Crippen molar-refractivity contribution < 1.29 is 0 Å². The molecule has 0 saturated carbocycles. The minimum atomic E-state index is 0.602. The molecule has 0 amide bonds. The number of hydrogen-bond donors (Lipinski definition) is 2. The van der Waals surface area contributed by atoms with Crippen molar-refractivity contribution in [1.29, 1.82) is 0 Å². The van der Waals surface area contributed by atoms with E-state index in [4.69, 9.17) is 0 Å². The van der Waals surface area contributed by atoms with Gasteiger partial charge in [-0.05, 0) is 19.8 Å². The summed E-state index contributed by atoms with van der Waals surface area (Å²) >= 11 is 0. The highest BCUT2D eigenvalue weighted by Crippen LogP contribution is 1.92. The summed E-state index contributed by atoms with van der Waals surface area (Å²) in [7, 11) is 0. The van der Waals surface area contributed by atoms with Crippen molar-refractivity contribution in [2.75, 3.05) is 13.3 Å². The van der Waals surface area contributed by atoms with E-state index in [2.05, 4.69) is 50.4 Å². The Labute approximate surface area is 90.2 Å². The van der Waals surface area contributed by atoms with Crippen LogP contribution in [0, 0.1) is 5.92 Å². The zero-order valence-electron chi connectivity index (χ0n) is 11.0. The van der Waals surface area contributed by atoms with Crippen molar-refractivity contribution in [3.05, 3.63) is 0 Å². The van der Waals surface area contributed by atoms with E-state index in [9.17, 15) is 0 Å². The van der Waals surface area contributed by atoms with Crippen LogP contribution in [0.2, 0.25) is 0 Å². The van der Waals surface area contributed by atoms with E-state index < -0.39 is 0 Å². The molecule has 0 bridgehead atoms. The van der Waals surface area contributed by atoms with Gasteiger partial charge in [0.15, 0.2) is 0 Å². The molecule has 0 spiro atoms. The Bertz CT molecular complexity index is 94.0. The molecule has 0 aliphatic carbocycles. The molecule has 0 aromatic carbocycles. The maximum Gasteiger partial charge on any atom is 0.0634 e. The summed E-state index contributed by atoms with van der Waals surface area (Å²) in [6.45, 7) is 16.7. The van der Waals surface area contributed by atoms with Crippen LogP contribution in [-0.2, 0) is 0 Å². The smallest absolute Gasteiger partial charge is 0.0634 e. The lowest BCUT2D eigenvalue weighted by atomic mass is 10.3. The standard InChI is InChI=1S/C5H13N3.C4H10.C2H6/c1-5(2)8-4-6-3-7-8;1-4(2)3;1-2/h5-7H,3-4H2,1-2H3;4H,1-3H3;1-2H3. The highest BCUT2D eigenvalue weighted by Gasteiger charge is 2.11. The summed E-state index contributed by atoms with van der Waals surface area (Å²) in [5.74, 6) is 0.833. The molecule has 0 atom stereocenters. The molecule has 1 aliphatic heterocycles. The summed E-state index contributed by atoms with van der Waals surface area (Å²) in [6.07, 6.45) is 0. The van der Waals surface area contributed by atoms with Crippen LogP contribution < -0.4 is 10.7 Å². The van der Waals surface area contributed by atoms with Crippen molar-refractivity contribution in [1.82, 2.24) is 15.8 Å². The van der Waals surface area contributed by atoms with Gasteiger partial charge in [0.1, 0.15) is 0 Å². The predicted octanol–water partition coefficient (Wildman–Crippen LogP) is 2.41. The van der Waals surface area contributed by atoms with Gasteiger partial charge in [-0.15, -0.1) is 0 Å². The molecule has 88 valence electrons. The first-order chi connectivity index (χ1) is 6.54. The third-order valence-corrected chi connectivity index (χ3v) is 1.31. The van der Waals surface area contributed by atoms with Crippen molar-refractivity contribution >= 4 is 0 Å². The molecule has 3 heteroatoms. The van der Waals surface area contributed by atoms with Gasteiger partial charge >= 0.3 is 0 Å². The molecule has 1 aliphatic rings. The average molecular weight is 203 g/mol. The van der Waals surface area contributed by atoms with Crippen LogP contribution in [0.5, 0.6) is 0 Å². The van der Waals surface area contributed by atoms with Crippen LogP contribution in [0.3, 0.4) is 0 Å². The van der Waals surface area contributed by atoms with Crippen LogP contribution in [0.4, 0.5) is 0 Å². The molecule has 3 nitrogen and oxygen atoms in total. The van der Waals surface area contributed by atoms with Gasteiger partial charge in [-0.2, -0.15) is 0 Å². The lowest BCUT2D eigenvalue weighted by Crippen LogP contribution is -2.36. The number of hydrogen-bond acceptors (Lipinski definition) is 3. The number of rotatable bonds is 1. The minimum absolute atomic E-state index is 0.602. The van der Waals surface area contributed by atoms with Crippen molar-refractivity contribution in [3.8, 4) is 0 Å². The van der Waals surface area contributed by atoms with Gasteiger partial charge in [0.05, 0.1) is 13.3 Å². The van der Waals surface area contributed by atoms with Gasteiger partial charge < -0.3 is 0 Å². The fourth-order valence-electron chi connectivity index (χ4n) is 0.755. The molecular weight excluding hydrogens is 174 g/mol. The Morgan fingerprint density at radius 1 is 1.00 bits per heavy atom. The lowest BCUT2D eigenvalue weighted by molar-refractivity contribution is 0.198. The summed E-state index contributed by atoms with van der Waals surface area (Å²) < 4.78 is 0. The number of nitrogens with one attached hydrogen (secondary N) is 2. The van der Waals surface area contributed by atoms with E-state index in [0.29, 0.717) is 6.04 Å². The van der Waals surface area contributed by atoms with Gasteiger partial charge in [0, 0.05) is 6.04 Å². The number of hydrazine groups is 1. The van der Waals surface area contributed by atoms with Crippen LogP contribution >= 0.6 is 0 Å². The van der Waals surface area contributed by atoms with Crippen LogP contribution in [0.1, 0.15) is 48.5 Å². The summed E-state index contributed by atoms with van der Waals surface area (Å²) in [5.41, 5.74) is 3.18. The SMILES string of the molecule is CC.CC(C)C.CC(C)N1CNCN1. The number of nitrogens with zero attached hydrogens (tertiary/aromatic N) is 1. The van der Waals surface area contributed by atoms with Crippen LogP contribution in [-0.4, -0.2) is 24.4 Å². The van der Waals surface area contributed by atoms with E-state index >= 15 is 0 Å². The monoisotopic (exact) mass is 203 g/mol. The lowest BCUT2D eigenvalue weighted by Gasteiger charge is -2.17. The molecule has 1 heterocycles. The topological polar surface area (TPSA) is 27.3 Å². The second-order valence-corrected chi connectivity index (χ2v) is 4.04. The molecule has 1 saturated heterocycles. The van der Waals surface area contributed by atoms with E-state index in [1.807, 2.05) is 13.8 Å². The third-order valence-electron chi connectivity index (χ3n) is 1.31. The molecule has 14 heavy (non-hydrogen) atoms. The first-order valence-corrected chi connectivity index (χ1v) is 5.75. The van der Waals surface area contributed by atoms with Gasteiger partial charge in [0.25, 0.3) is 0 Å². The Morgan fingerprint density at radius 2 is 1.43 bits per heavy atom. The fourth-order valence-corrected chi connectivity index (χ4v) is 0.755. The highest BCUT2D eigenvalue weighted by atomic mass is 15.6. The van der Waals surface area contributed by atoms with E-state index in [1.54, 1.807) is 0 Å². The van der Waals surface area contributed by atoms with Crippen molar-refractivity contribution in [2.24, 2.45) is 5.92 Å². The summed E-state index contributed by atoms with van der Waals surface area (Å²) in [6, 6.07) is 0.602. The predicted molar refractivity (Wildman–Crippen MR) is 64.8 cm³/mol. The molecule has 2 N–H and O–H groups in total. The van der Waals surface area contributed by atoms with Crippen molar-refractivity contribution in [2.45, 2.75) is 54.5 Å². The highest BCUT2D eigenvalue weighted by molar-refractivity contribution is 4.60. The first-order valence-electron chi connectivity index (χ1n) is 5.75. The Hall–Kier alpha value is -0.120. The molecule has 0 unspecified atom stereocenters. The summed E-state index contributed by atoms with van der Waals surface area (Å²) in [5, 5.41) is 5.34. The Kier molecular flexibility index (Phi) is 12.8. The first kappa shape index (κ1) is 16.3. The second-order valence-electron chi connectivity index (χ2n) is 4.04. The maximum absolute atomic E-state index is 3.18. The van der Waals surface area contributed by atoms with Gasteiger partial charge in [-0.25, -0.2) is 10.4 Å². The Morgan fingerprint density at radius 3 is 1.57 bits per heavy atom. The third kappa shape index (κ3) is 11.9. The Balaban J connectivity index is 0. The average Bonchev–Trinajstić information content (AvgIpc) is 2.58. The van der Waals surface area contributed by atoms with Crippen molar-refractivity contribution in [3.63, 3.8) is 0 Å². The van der Waals surface area contributed by atoms with Gasteiger partial charge in [0.2, 0.25) is 0 Å². The van der Waals surface area contributed by atoms with Crippen LogP contribution in [0.15, 0.2) is 0 Å². The van der Waals surface area contributed by atoms with E-state index in [0.717, 1.165) is 19.3 Å². The molecule has 1 rings (SSSR count). The van der Waals surface area contributed by atoms with E-state index in [1.165, 1.54) is 0 Å². The minimum Gasteiger partial charge on any atom is -0.290 e. The van der Waals surface area contributed by atoms with Gasteiger partial charge in [-0.1, -0.05) is 34.6 Å². The van der Waals surface area contributed by atoms with E-state index in [-0.39, 0.29) is 0 Å². The molecular formula is C11H29N3. The molecule has 0 radical (unpaired) electrons. The molecule has 0 aromatic heterocycles. The van der Waals surface area contributed by atoms with Crippen LogP contribution in [0.25, 0.3) is 0 Å². The zero-order valence-corrected chi connectivity index (χ0v) is 11.0. The zero-order chi connectivity index (χ0) is 11.6. The maximum atomic E-state index is 3.18. The largest absolute Gasteiger partial charge is 0.290 e. The normalized spacial score (nSPS) is 16.1. The summed E-state index contributed by atoms with van der Waals surface area (Å²) in [4.78, 5) is 0. The molecule has 0 aromatic rings. The quantitative estimate of drug-likeness (QED) is 0.685. The fraction of sp³-hybridized carbons (Fsp3) is 1.00. The van der Waals surface area contributed by atoms with Gasteiger partial charge in [-0.3, -0.25) is 5.32 Å². The molecule has 1 fully saturated rings.